The molecule has 1 aliphatic rings. The molecule has 1 aromatic heterocycles. The van der Waals surface area contributed by atoms with Gasteiger partial charge in [-0.05, 0) is 42.2 Å². The quantitative estimate of drug-likeness (QED) is 0.835. The minimum Gasteiger partial charge on any atom is -0.392 e. The second-order valence-corrected chi connectivity index (χ2v) is 4.67. The van der Waals surface area contributed by atoms with Gasteiger partial charge in [-0.3, -0.25) is 4.98 Å². The highest BCUT2D eigenvalue weighted by molar-refractivity contribution is 5.38. The summed E-state index contributed by atoms with van der Waals surface area (Å²) in [6.45, 7) is 0. The van der Waals surface area contributed by atoms with Gasteiger partial charge in [0.2, 0.25) is 0 Å². The molecule has 0 amide bonds. The summed E-state index contributed by atoms with van der Waals surface area (Å²) in [7, 11) is 0. The monoisotopic (exact) mass is 243 g/mol. The van der Waals surface area contributed by atoms with Crippen LogP contribution >= 0.6 is 0 Å². The normalized spacial score (nSPS) is 22.6. The van der Waals surface area contributed by atoms with Gasteiger partial charge in [0, 0.05) is 17.8 Å². The molecule has 0 spiro atoms. The number of aliphatic hydroxyl groups is 1. The maximum atomic E-state index is 13.0. The van der Waals surface area contributed by atoms with Crippen LogP contribution in [0.3, 0.4) is 0 Å². The van der Waals surface area contributed by atoms with Gasteiger partial charge in [0.15, 0.2) is 0 Å². The summed E-state index contributed by atoms with van der Waals surface area (Å²) in [5.41, 5.74) is 3.04. The maximum Gasteiger partial charge on any atom is 0.123 e. The largest absolute Gasteiger partial charge is 0.392 e. The van der Waals surface area contributed by atoms with Gasteiger partial charge >= 0.3 is 0 Å². The Hall–Kier alpha value is -1.74. The van der Waals surface area contributed by atoms with Gasteiger partial charge in [-0.25, -0.2) is 4.39 Å². The van der Waals surface area contributed by atoms with Crippen LogP contribution in [0.25, 0.3) is 0 Å². The number of aromatic nitrogens is 1. The molecule has 2 nitrogen and oxygen atoms in total. The van der Waals surface area contributed by atoms with Crippen molar-refractivity contribution in [1.29, 1.82) is 0 Å². The molecule has 2 aromatic rings. The first-order valence-electron chi connectivity index (χ1n) is 6.13. The predicted molar refractivity (Wildman–Crippen MR) is 66.8 cm³/mol. The molecule has 1 heterocycles. The predicted octanol–water partition coefficient (Wildman–Crippen LogP) is 2.66. The number of halogens is 1. The lowest BCUT2D eigenvalue weighted by atomic mass is 9.79. The molecule has 3 rings (SSSR count). The van der Waals surface area contributed by atoms with Gasteiger partial charge in [0.1, 0.15) is 5.82 Å². The summed E-state index contributed by atoms with van der Waals surface area (Å²) in [5, 5.41) is 10.2. The molecular formula is C15H14FNO. The lowest BCUT2D eigenvalue weighted by molar-refractivity contribution is 0.139. The topological polar surface area (TPSA) is 33.1 Å². The van der Waals surface area contributed by atoms with Gasteiger partial charge in [0.25, 0.3) is 0 Å². The first kappa shape index (κ1) is 11.4. The standard InChI is InChI=1S/C15H14FNO/c16-11-5-3-10(4-6-11)15-12-2-1-9-17-13(12)7-8-14(15)18/h1-6,9,14-15,18H,7-8H2/t14-,15-/m0/s1. The highest BCUT2D eigenvalue weighted by Crippen LogP contribution is 2.35. The zero-order valence-electron chi connectivity index (χ0n) is 9.88. The van der Waals surface area contributed by atoms with E-state index in [1.807, 2.05) is 12.1 Å². The SMILES string of the molecule is O[C@H]1CCc2ncccc2[C@@H]1c1ccc(F)cc1. The van der Waals surface area contributed by atoms with Gasteiger partial charge < -0.3 is 5.11 Å². The van der Waals surface area contributed by atoms with Crippen LogP contribution in [0, 0.1) is 5.82 Å². The molecule has 1 aliphatic carbocycles. The third kappa shape index (κ3) is 1.91. The van der Waals surface area contributed by atoms with E-state index in [0.29, 0.717) is 6.42 Å². The van der Waals surface area contributed by atoms with Crippen LogP contribution in [0.5, 0.6) is 0 Å². The molecule has 0 radical (unpaired) electrons. The molecule has 2 atom stereocenters. The molecule has 18 heavy (non-hydrogen) atoms. The average Bonchev–Trinajstić information content (AvgIpc) is 2.40. The summed E-state index contributed by atoms with van der Waals surface area (Å²) in [5.74, 6) is -0.349. The molecule has 3 heteroatoms. The Balaban J connectivity index is 2.07. The van der Waals surface area contributed by atoms with Crippen LogP contribution in [-0.2, 0) is 6.42 Å². The number of aryl methyl sites for hydroxylation is 1. The van der Waals surface area contributed by atoms with Crippen LogP contribution in [0.2, 0.25) is 0 Å². The van der Waals surface area contributed by atoms with Gasteiger partial charge in [-0.15, -0.1) is 0 Å². The molecule has 0 unspecified atom stereocenters. The van der Waals surface area contributed by atoms with Crippen molar-refractivity contribution in [2.24, 2.45) is 0 Å². The van der Waals surface area contributed by atoms with E-state index < -0.39 is 6.10 Å². The van der Waals surface area contributed by atoms with E-state index in [-0.39, 0.29) is 11.7 Å². The third-order valence-electron chi connectivity index (χ3n) is 3.55. The van der Waals surface area contributed by atoms with Crippen LogP contribution in [-0.4, -0.2) is 16.2 Å². The Morgan fingerprint density at radius 1 is 1.17 bits per heavy atom. The Morgan fingerprint density at radius 3 is 2.72 bits per heavy atom. The van der Waals surface area contributed by atoms with Crippen molar-refractivity contribution < 1.29 is 9.50 Å². The van der Waals surface area contributed by atoms with Gasteiger partial charge in [-0.2, -0.15) is 0 Å². The van der Waals surface area contributed by atoms with Crippen LogP contribution < -0.4 is 0 Å². The summed E-state index contributed by atoms with van der Waals surface area (Å²) in [6, 6.07) is 10.2. The van der Waals surface area contributed by atoms with Crippen LogP contribution in [0.1, 0.15) is 29.2 Å². The first-order valence-corrected chi connectivity index (χ1v) is 6.13. The Morgan fingerprint density at radius 2 is 1.94 bits per heavy atom. The van der Waals surface area contributed by atoms with E-state index >= 15 is 0 Å². The lowest BCUT2D eigenvalue weighted by Gasteiger charge is -2.29. The zero-order valence-corrected chi connectivity index (χ0v) is 9.88. The van der Waals surface area contributed by atoms with Crippen molar-refractivity contribution in [3.05, 3.63) is 65.2 Å². The maximum absolute atomic E-state index is 13.0. The summed E-state index contributed by atoms with van der Waals surface area (Å²) in [6.07, 6.45) is 2.85. The number of fused-ring (bicyclic) bond motifs is 1. The zero-order chi connectivity index (χ0) is 12.5. The Bertz CT molecular complexity index is 553. The molecule has 0 saturated carbocycles. The molecule has 0 aliphatic heterocycles. The molecule has 0 fully saturated rings. The van der Waals surface area contributed by atoms with Crippen LogP contribution in [0.15, 0.2) is 42.6 Å². The minimum absolute atomic E-state index is 0.0944. The second-order valence-electron chi connectivity index (χ2n) is 4.67. The van der Waals surface area contributed by atoms with E-state index in [9.17, 15) is 9.50 Å². The van der Waals surface area contributed by atoms with E-state index in [2.05, 4.69) is 4.98 Å². The molecule has 1 aromatic carbocycles. The second kappa shape index (κ2) is 4.50. The third-order valence-corrected chi connectivity index (χ3v) is 3.55. The van der Waals surface area contributed by atoms with Crippen molar-refractivity contribution in [2.45, 2.75) is 24.9 Å². The molecule has 0 saturated heterocycles. The number of nitrogens with zero attached hydrogens (tertiary/aromatic N) is 1. The first-order chi connectivity index (χ1) is 8.75. The Kier molecular flexibility index (Phi) is 2.84. The number of aliphatic hydroxyl groups excluding tert-OH is 1. The van der Waals surface area contributed by atoms with Gasteiger partial charge in [-0.1, -0.05) is 18.2 Å². The molecule has 0 bridgehead atoms. The molecule has 1 N–H and O–H groups in total. The number of rotatable bonds is 1. The van der Waals surface area contributed by atoms with Gasteiger partial charge in [0.05, 0.1) is 6.10 Å². The number of benzene rings is 1. The summed E-state index contributed by atoms with van der Waals surface area (Å²) < 4.78 is 13.0. The van der Waals surface area contributed by atoms with Crippen molar-refractivity contribution in [1.82, 2.24) is 4.98 Å². The smallest absolute Gasteiger partial charge is 0.123 e. The van der Waals surface area contributed by atoms with Crippen molar-refractivity contribution in [2.75, 3.05) is 0 Å². The van der Waals surface area contributed by atoms with E-state index in [0.717, 1.165) is 23.2 Å². The van der Waals surface area contributed by atoms with Crippen LogP contribution in [0.4, 0.5) is 4.39 Å². The van der Waals surface area contributed by atoms with Crippen molar-refractivity contribution >= 4 is 0 Å². The summed E-state index contributed by atoms with van der Waals surface area (Å²) in [4.78, 5) is 4.36. The van der Waals surface area contributed by atoms with E-state index in [4.69, 9.17) is 0 Å². The molecule has 92 valence electrons. The fraction of sp³-hybridized carbons (Fsp3) is 0.267. The fourth-order valence-electron chi connectivity index (χ4n) is 2.67. The minimum atomic E-state index is -0.424. The number of hydrogen-bond donors (Lipinski definition) is 1. The van der Waals surface area contributed by atoms with Crippen molar-refractivity contribution in [3.63, 3.8) is 0 Å². The van der Waals surface area contributed by atoms with Crippen molar-refractivity contribution in [3.8, 4) is 0 Å². The highest BCUT2D eigenvalue weighted by atomic mass is 19.1. The summed E-state index contributed by atoms with van der Waals surface area (Å²) >= 11 is 0. The van der Waals surface area contributed by atoms with E-state index in [1.165, 1.54) is 12.1 Å². The Labute approximate surface area is 105 Å². The highest BCUT2D eigenvalue weighted by Gasteiger charge is 2.29. The average molecular weight is 243 g/mol. The number of pyridine rings is 1. The fourth-order valence-corrected chi connectivity index (χ4v) is 2.67. The van der Waals surface area contributed by atoms with E-state index in [1.54, 1.807) is 18.3 Å². The lowest BCUT2D eigenvalue weighted by Crippen LogP contribution is -2.26. The number of hydrogen-bond acceptors (Lipinski definition) is 2. The molecular weight excluding hydrogens is 229 g/mol.